The molecule has 1 heterocycles. The van der Waals surface area contributed by atoms with Crippen LogP contribution in [0.2, 0.25) is 0 Å². The summed E-state index contributed by atoms with van der Waals surface area (Å²) in [5, 5.41) is 2.94. The highest BCUT2D eigenvalue weighted by Gasteiger charge is 2.12. The average Bonchev–Trinajstić information content (AvgIpc) is 2.56. The smallest absolute Gasteiger partial charge is 0.261 e. The van der Waals surface area contributed by atoms with Gasteiger partial charge in [-0.2, -0.15) is 11.8 Å². The maximum atomic E-state index is 11.8. The molecule has 0 aromatic carbocycles. The quantitative estimate of drug-likeness (QED) is 0.828. The summed E-state index contributed by atoms with van der Waals surface area (Å²) in [4.78, 5) is 12.5. The van der Waals surface area contributed by atoms with Crippen molar-refractivity contribution in [1.82, 2.24) is 5.32 Å². The maximum Gasteiger partial charge on any atom is 0.261 e. The van der Waals surface area contributed by atoms with E-state index in [1.807, 2.05) is 6.07 Å². The van der Waals surface area contributed by atoms with E-state index in [1.54, 1.807) is 11.8 Å². The van der Waals surface area contributed by atoms with Gasteiger partial charge in [0.1, 0.15) is 0 Å². The van der Waals surface area contributed by atoms with Crippen molar-refractivity contribution < 1.29 is 4.79 Å². The Hall–Kier alpha value is 0.480. The molecule has 6 heteroatoms. The van der Waals surface area contributed by atoms with E-state index >= 15 is 0 Å². The number of thiophene rings is 1. The number of carbonyl (C=O) groups is 1. The number of hydrogen-bond acceptors (Lipinski definition) is 3. The van der Waals surface area contributed by atoms with Crippen LogP contribution in [0.1, 0.15) is 16.6 Å². The van der Waals surface area contributed by atoms with Gasteiger partial charge >= 0.3 is 0 Å². The first-order valence-electron chi connectivity index (χ1n) is 4.76. The predicted octanol–water partition coefficient (Wildman–Crippen LogP) is 4.00. The van der Waals surface area contributed by atoms with E-state index < -0.39 is 0 Å². The minimum absolute atomic E-state index is 0.00403. The molecule has 16 heavy (non-hydrogen) atoms. The summed E-state index contributed by atoms with van der Waals surface area (Å²) < 4.78 is 1.88. The summed E-state index contributed by atoms with van der Waals surface area (Å²) in [6, 6.07) is 1.84. The van der Waals surface area contributed by atoms with Crippen LogP contribution >= 0.6 is 55.0 Å². The Morgan fingerprint density at radius 3 is 2.81 bits per heavy atom. The number of carbonyl (C=O) groups excluding carboxylic acids is 1. The minimum atomic E-state index is 0.00403. The van der Waals surface area contributed by atoms with E-state index in [0.29, 0.717) is 5.92 Å². The third kappa shape index (κ3) is 4.39. The first-order chi connectivity index (χ1) is 7.54. The summed E-state index contributed by atoms with van der Waals surface area (Å²) in [6.45, 7) is 2.86. The second kappa shape index (κ2) is 7.03. The van der Waals surface area contributed by atoms with Crippen LogP contribution in [0.5, 0.6) is 0 Å². The van der Waals surface area contributed by atoms with E-state index in [0.717, 1.165) is 25.4 Å². The van der Waals surface area contributed by atoms with Crippen LogP contribution < -0.4 is 5.32 Å². The molecule has 1 unspecified atom stereocenters. The molecule has 2 nitrogen and oxygen atoms in total. The molecule has 1 aromatic heterocycles. The molecule has 0 radical (unpaired) electrons. The van der Waals surface area contributed by atoms with Gasteiger partial charge in [0.15, 0.2) is 0 Å². The van der Waals surface area contributed by atoms with E-state index in [9.17, 15) is 4.79 Å². The van der Waals surface area contributed by atoms with Gasteiger partial charge in [-0.3, -0.25) is 4.79 Å². The second-order valence-corrected chi connectivity index (χ2v) is 7.64. The summed E-state index contributed by atoms with van der Waals surface area (Å²) in [7, 11) is 0. The summed E-state index contributed by atoms with van der Waals surface area (Å²) in [5.41, 5.74) is 0. The molecule has 0 bridgehead atoms. The Kier molecular flexibility index (Phi) is 6.39. The largest absolute Gasteiger partial charge is 0.351 e. The number of nitrogens with one attached hydrogen (secondary N) is 1. The van der Waals surface area contributed by atoms with Gasteiger partial charge in [-0.15, -0.1) is 11.3 Å². The molecule has 1 amide bonds. The maximum absolute atomic E-state index is 11.8. The van der Waals surface area contributed by atoms with E-state index in [2.05, 4.69) is 50.4 Å². The Labute approximate surface area is 121 Å². The number of thioether (sulfide) groups is 1. The molecular formula is C10H13Br2NOS2. The van der Waals surface area contributed by atoms with Crippen molar-refractivity contribution in [3.05, 3.63) is 19.2 Å². The molecule has 90 valence electrons. The highest BCUT2D eigenvalue weighted by atomic mass is 79.9. The zero-order chi connectivity index (χ0) is 12.1. The zero-order valence-corrected chi connectivity index (χ0v) is 13.9. The SMILES string of the molecule is CSCC(C)CNC(=O)c1cc(Br)c(Br)s1. The fraction of sp³-hybridized carbons (Fsp3) is 0.500. The van der Waals surface area contributed by atoms with E-state index in [1.165, 1.54) is 11.3 Å². The molecule has 1 rings (SSSR count). The van der Waals surface area contributed by atoms with Gasteiger partial charge in [0.25, 0.3) is 5.91 Å². The van der Waals surface area contributed by atoms with Crippen LogP contribution in [0, 0.1) is 5.92 Å². The topological polar surface area (TPSA) is 29.1 Å². The van der Waals surface area contributed by atoms with Crippen LogP contribution in [-0.2, 0) is 0 Å². The first kappa shape index (κ1) is 14.5. The summed E-state index contributed by atoms with van der Waals surface area (Å²) in [5.74, 6) is 1.58. The lowest BCUT2D eigenvalue weighted by molar-refractivity contribution is 0.0953. The van der Waals surface area contributed by atoms with E-state index in [-0.39, 0.29) is 5.91 Å². The van der Waals surface area contributed by atoms with Gasteiger partial charge in [0.2, 0.25) is 0 Å². The van der Waals surface area contributed by atoms with Crippen molar-refractivity contribution in [3.63, 3.8) is 0 Å². The van der Waals surface area contributed by atoms with Gasteiger partial charge in [-0.25, -0.2) is 0 Å². The molecule has 1 aromatic rings. The number of halogens is 2. The lowest BCUT2D eigenvalue weighted by Gasteiger charge is -2.10. The lowest BCUT2D eigenvalue weighted by atomic mass is 10.2. The Morgan fingerprint density at radius 2 is 2.31 bits per heavy atom. The molecule has 0 aliphatic carbocycles. The molecule has 0 saturated heterocycles. The molecular weight excluding hydrogens is 374 g/mol. The molecule has 0 aliphatic heterocycles. The van der Waals surface area contributed by atoms with E-state index in [4.69, 9.17) is 0 Å². The van der Waals surface area contributed by atoms with Gasteiger partial charge < -0.3 is 5.32 Å². The molecule has 0 saturated carbocycles. The molecule has 0 spiro atoms. The third-order valence-electron chi connectivity index (χ3n) is 1.93. The standard InChI is InChI=1S/C10H13Br2NOS2/c1-6(5-15-2)4-13-10(14)8-3-7(11)9(12)16-8/h3,6H,4-5H2,1-2H3,(H,13,14). The van der Waals surface area contributed by atoms with Crippen LogP contribution in [0.25, 0.3) is 0 Å². The van der Waals surface area contributed by atoms with Crippen LogP contribution in [0.3, 0.4) is 0 Å². The number of amides is 1. The first-order valence-corrected chi connectivity index (χ1v) is 8.56. The highest BCUT2D eigenvalue weighted by molar-refractivity contribution is 9.13. The Morgan fingerprint density at radius 1 is 1.62 bits per heavy atom. The van der Waals surface area contributed by atoms with Crippen molar-refractivity contribution in [3.8, 4) is 0 Å². The highest BCUT2D eigenvalue weighted by Crippen LogP contribution is 2.32. The molecule has 0 aliphatic rings. The second-order valence-electron chi connectivity index (χ2n) is 3.50. The lowest BCUT2D eigenvalue weighted by Crippen LogP contribution is -2.28. The third-order valence-corrected chi connectivity index (χ3v) is 6.09. The van der Waals surface area contributed by atoms with Crippen molar-refractivity contribution in [2.75, 3.05) is 18.6 Å². The minimum Gasteiger partial charge on any atom is -0.351 e. The fourth-order valence-corrected chi connectivity index (χ4v) is 3.79. The van der Waals surface area contributed by atoms with Gasteiger partial charge in [0, 0.05) is 11.0 Å². The molecule has 1 atom stereocenters. The normalized spacial score (nSPS) is 12.5. The monoisotopic (exact) mass is 385 g/mol. The predicted molar refractivity (Wildman–Crippen MR) is 79.6 cm³/mol. The van der Waals surface area contributed by atoms with Crippen molar-refractivity contribution in [2.45, 2.75) is 6.92 Å². The average molecular weight is 387 g/mol. The van der Waals surface area contributed by atoms with Crippen molar-refractivity contribution in [2.24, 2.45) is 5.92 Å². The number of rotatable bonds is 5. The van der Waals surface area contributed by atoms with Gasteiger partial charge in [0.05, 0.1) is 8.66 Å². The number of hydrogen-bond donors (Lipinski definition) is 1. The van der Waals surface area contributed by atoms with Crippen molar-refractivity contribution >= 4 is 60.9 Å². The fourth-order valence-electron chi connectivity index (χ4n) is 1.16. The summed E-state index contributed by atoms with van der Waals surface area (Å²) in [6.07, 6.45) is 2.08. The molecule has 0 fully saturated rings. The van der Waals surface area contributed by atoms with Gasteiger partial charge in [-0.05, 0) is 55.9 Å². The van der Waals surface area contributed by atoms with Crippen LogP contribution in [0.15, 0.2) is 14.3 Å². The van der Waals surface area contributed by atoms with Gasteiger partial charge in [-0.1, -0.05) is 6.92 Å². The summed E-state index contributed by atoms with van der Waals surface area (Å²) >= 11 is 9.99. The van der Waals surface area contributed by atoms with Crippen molar-refractivity contribution in [1.29, 1.82) is 0 Å². The Balaban J connectivity index is 2.46. The Bertz CT molecular complexity index is 348. The zero-order valence-electron chi connectivity index (χ0n) is 9.05. The van der Waals surface area contributed by atoms with Crippen LogP contribution in [0.4, 0.5) is 0 Å². The molecule has 1 N–H and O–H groups in total. The van der Waals surface area contributed by atoms with Crippen LogP contribution in [-0.4, -0.2) is 24.5 Å².